The molecule has 0 heterocycles. The van der Waals surface area contributed by atoms with E-state index in [4.69, 9.17) is 0 Å². The van der Waals surface area contributed by atoms with Crippen LogP contribution in [0, 0.1) is 5.41 Å². The number of anilines is 1. The Balaban J connectivity index is 2.01. The summed E-state index contributed by atoms with van der Waals surface area (Å²) in [5.74, 6) is 0.443. The number of benzene rings is 1. The summed E-state index contributed by atoms with van der Waals surface area (Å²) < 4.78 is 0. The number of hydrogen-bond donors (Lipinski definition) is 1. The molecule has 0 aliphatic heterocycles. The first-order valence-corrected chi connectivity index (χ1v) is 6.09. The van der Waals surface area contributed by atoms with Crippen molar-refractivity contribution in [3.05, 3.63) is 30.3 Å². The Morgan fingerprint density at radius 2 is 2.06 bits per heavy atom. The number of Topliss-reactive ketones (excluding diaryl/α,β-unsaturated/α-hetero) is 1. The largest absolute Gasteiger partial charge is 0.384 e. The molecule has 0 saturated heterocycles. The molecule has 0 amide bonds. The molecule has 1 saturated carbocycles. The van der Waals surface area contributed by atoms with Gasteiger partial charge in [-0.1, -0.05) is 25.1 Å². The molecule has 16 heavy (non-hydrogen) atoms. The number of carbonyl (C=O) groups excluding carboxylic acids is 1. The van der Waals surface area contributed by atoms with Crippen LogP contribution in [0.25, 0.3) is 0 Å². The molecule has 86 valence electrons. The van der Waals surface area contributed by atoms with Crippen LogP contribution in [0.5, 0.6) is 0 Å². The Morgan fingerprint density at radius 1 is 1.31 bits per heavy atom. The van der Waals surface area contributed by atoms with Gasteiger partial charge in [0.1, 0.15) is 5.78 Å². The second-order valence-corrected chi connectivity index (χ2v) is 4.63. The molecule has 1 atom stereocenters. The predicted octanol–water partition coefficient (Wildman–Crippen LogP) is 3.25. The highest BCUT2D eigenvalue weighted by molar-refractivity contribution is 5.87. The fourth-order valence-electron chi connectivity index (χ4n) is 2.51. The molecule has 1 aromatic rings. The van der Waals surface area contributed by atoms with Crippen LogP contribution < -0.4 is 5.32 Å². The third kappa shape index (κ3) is 2.11. The van der Waals surface area contributed by atoms with Crippen LogP contribution in [-0.4, -0.2) is 12.3 Å². The summed E-state index contributed by atoms with van der Waals surface area (Å²) >= 11 is 0. The van der Waals surface area contributed by atoms with E-state index in [9.17, 15) is 4.79 Å². The van der Waals surface area contributed by atoms with Crippen molar-refractivity contribution in [2.45, 2.75) is 32.6 Å². The van der Waals surface area contributed by atoms with E-state index in [2.05, 4.69) is 12.2 Å². The van der Waals surface area contributed by atoms with Crippen molar-refractivity contribution in [2.75, 3.05) is 11.9 Å². The van der Waals surface area contributed by atoms with E-state index in [1.54, 1.807) is 0 Å². The van der Waals surface area contributed by atoms with Crippen molar-refractivity contribution < 1.29 is 4.79 Å². The fraction of sp³-hybridized carbons (Fsp3) is 0.500. The third-order valence-corrected chi connectivity index (χ3v) is 3.73. The number of hydrogen-bond acceptors (Lipinski definition) is 2. The molecule has 2 nitrogen and oxygen atoms in total. The van der Waals surface area contributed by atoms with Gasteiger partial charge in [0, 0.05) is 24.1 Å². The molecule has 1 aliphatic carbocycles. The molecule has 1 aliphatic rings. The summed E-state index contributed by atoms with van der Waals surface area (Å²) in [4.78, 5) is 11.9. The van der Waals surface area contributed by atoms with Crippen molar-refractivity contribution >= 4 is 11.5 Å². The van der Waals surface area contributed by atoms with E-state index in [1.165, 1.54) is 0 Å². The molecule has 1 fully saturated rings. The molecule has 1 aromatic carbocycles. The maximum absolute atomic E-state index is 11.9. The Hall–Kier alpha value is -1.31. The zero-order valence-electron chi connectivity index (χ0n) is 9.83. The highest BCUT2D eigenvalue weighted by Crippen LogP contribution is 2.37. The van der Waals surface area contributed by atoms with Crippen LogP contribution in [0.15, 0.2) is 30.3 Å². The van der Waals surface area contributed by atoms with E-state index < -0.39 is 0 Å². The minimum absolute atomic E-state index is 0.101. The van der Waals surface area contributed by atoms with E-state index in [0.717, 1.165) is 37.9 Å². The van der Waals surface area contributed by atoms with Crippen molar-refractivity contribution in [2.24, 2.45) is 5.41 Å². The van der Waals surface area contributed by atoms with Crippen molar-refractivity contribution in [1.29, 1.82) is 0 Å². The van der Waals surface area contributed by atoms with Gasteiger partial charge < -0.3 is 5.32 Å². The maximum atomic E-state index is 11.9. The smallest absolute Gasteiger partial charge is 0.140 e. The van der Waals surface area contributed by atoms with Crippen molar-refractivity contribution in [3.8, 4) is 0 Å². The summed E-state index contributed by atoms with van der Waals surface area (Å²) in [5, 5.41) is 3.39. The van der Waals surface area contributed by atoms with Crippen LogP contribution in [0.2, 0.25) is 0 Å². The zero-order valence-corrected chi connectivity index (χ0v) is 9.83. The van der Waals surface area contributed by atoms with Gasteiger partial charge in [0.25, 0.3) is 0 Å². The second-order valence-electron chi connectivity index (χ2n) is 4.63. The Kier molecular flexibility index (Phi) is 3.28. The van der Waals surface area contributed by atoms with Gasteiger partial charge in [0.2, 0.25) is 0 Å². The first-order valence-electron chi connectivity index (χ1n) is 6.09. The lowest BCUT2D eigenvalue weighted by atomic mass is 9.82. The van der Waals surface area contributed by atoms with Crippen LogP contribution in [0.3, 0.4) is 0 Å². The fourth-order valence-corrected chi connectivity index (χ4v) is 2.51. The molecule has 0 aromatic heterocycles. The van der Waals surface area contributed by atoms with Crippen molar-refractivity contribution in [1.82, 2.24) is 0 Å². The minimum atomic E-state index is -0.101. The summed E-state index contributed by atoms with van der Waals surface area (Å²) in [6.45, 7) is 2.90. The summed E-state index contributed by atoms with van der Waals surface area (Å²) in [7, 11) is 0. The van der Waals surface area contributed by atoms with Crippen LogP contribution in [0.4, 0.5) is 5.69 Å². The number of rotatable bonds is 4. The molecular weight excluding hydrogens is 198 g/mol. The SMILES string of the molecule is CCC1(CNc2ccccc2)CCCC1=O. The average molecular weight is 217 g/mol. The van der Waals surface area contributed by atoms with Gasteiger partial charge in [-0.15, -0.1) is 0 Å². The van der Waals surface area contributed by atoms with Crippen molar-refractivity contribution in [3.63, 3.8) is 0 Å². The lowest BCUT2D eigenvalue weighted by molar-refractivity contribution is -0.125. The maximum Gasteiger partial charge on any atom is 0.140 e. The average Bonchev–Trinajstić information content (AvgIpc) is 2.70. The Bertz CT molecular complexity index is 360. The molecule has 2 heteroatoms. The second kappa shape index (κ2) is 4.69. The van der Waals surface area contributed by atoms with E-state index in [1.807, 2.05) is 30.3 Å². The third-order valence-electron chi connectivity index (χ3n) is 3.73. The summed E-state index contributed by atoms with van der Waals surface area (Å²) in [6, 6.07) is 10.1. The highest BCUT2D eigenvalue weighted by Gasteiger charge is 2.39. The molecule has 0 radical (unpaired) electrons. The molecule has 1 unspecified atom stereocenters. The first-order chi connectivity index (χ1) is 7.77. The first kappa shape index (κ1) is 11.2. The lowest BCUT2D eigenvalue weighted by Crippen LogP contribution is -2.33. The molecule has 1 N–H and O–H groups in total. The Labute approximate surface area is 97.1 Å². The summed E-state index contributed by atoms with van der Waals surface area (Å²) in [6.07, 6.45) is 3.82. The van der Waals surface area contributed by atoms with Gasteiger partial charge in [-0.3, -0.25) is 4.79 Å². The van der Waals surface area contributed by atoms with Crippen LogP contribution >= 0.6 is 0 Å². The van der Waals surface area contributed by atoms with Gasteiger partial charge in [0.05, 0.1) is 0 Å². The van der Waals surface area contributed by atoms with Crippen LogP contribution in [0.1, 0.15) is 32.6 Å². The summed E-state index contributed by atoms with van der Waals surface area (Å²) in [5.41, 5.74) is 1.01. The van der Waals surface area contributed by atoms with Gasteiger partial charge in [-0.2, -0.15) is 0 Å². The number of para-hydroxylation sites is 1. The van der Waals surface area contributed by atoms with Gasteiger partial charge in [-0.05, 0) is 31.4 Å². The van der Waals surface area contributed by atoms with Gasteiger partial charge >= 0.3 is 0 Å². The lowest BCUT2D eigenvalue weighted by Gasteiger charge is -2.26. The molecule has 2 rings (SSSR count). The standard InChI is InChI=1S/C14H19NO/c1-2-14(10-6-9-13(14)16)11-15-12-7-4-3-5-8-12/h3-5,7-8,15H,2,6,9-11H2,1H3. The molecule has 0 bridgehead atoms. The molecular formula is C14H19NO. The predicted molar refractivity (Wildman–Crippen MR) is 66.5 cm³/mol. The Morgan fingerprint density at radius 3 is 2.62 bits per heavy atom. The van der Waals surface area contributed by atoms with E-state index in [0.29, 0.717) is 5.78 Å². The normalized spacial score (nSPS) is 24.7. The monoisotopic (exact) mass is 217 g/mol. The quantitative estimate of drug-likeness (QED) is 0.838. The van der Waals surface area contributed by atoms with Crippen LogP contribution in [-0.2, 0) is 4.79 Å². The highest BCUT2D eigenvalue weighted by atomic mass is 16.1. The van der Waals surface area contributed by atoms with E-state index >= 15 is 0 Å². The van der Waals surface area contributed by atoms with E-state index in [-0.39, 0.29) is 5.41 Å². The topological polar surface area (TPSA) is 29.1 Å². The number of ketones is 1. The number of carbonyl (C=O) groups is 1. The minimum Gasteiger partial charge on any atom is -0.384 e. The molecule has 0 spiro atoms. The van der Waals surface area contributed by atoms with Gasteiger partial charge in [0.15, 0.2) is 0 Å². The zero-order chi connectivity index (χ0) is 11.4. The van der Waals surface area contributed by atoms with Gasteiger partial charge in [-0.25, -0.2) is 0 Å². The number of nitrogens with one attached hydrogen (secondary N) is 1.